The molecule has 3 aromatic rings. The third-order valence-corrected chi connectivity index (χ3v) is 5.32. The summed E-state index contributed by atoms with van der Waals surface area (Å²) in [6.07, 6.45) is 0. The largest absolute Gasteiger partial charge is 0.395 e. The fourth-order valence-corrected chi connectivity index (χ4v) is 3.70. The van der Waals surface area contributed by atoms with Crippen molar-refractivity contribution in [2.45, 2.75) is 0 Å². The van der Waals surface area contributed by atoms with Crippen LogP contribution in [0.5, 0.6) is 0 Å². The smallest absolute Gasteiger partial charge is 0.266 e. The van der Waals surface area contributed by atoms with Crippen LogP contribution in [0.1, 0.15) is 20.7 Å². The van der Waals surface area contributed by atoms with Crippen molar-refractivity contribution >= 4 is 57.2 Å². The van der Waals surface area contributed by atoms with Gasteiger partial charge in [0.05, 0.1) is 22.3 Å². The van der Waals surface area contributed by atoms with Crippen molar-refractivity contribution in [2.24, 2.45) is 0 Å². The van der Waals surface area contributed by atoms with E-state index in [1.54, 1.807) is 42.5 Å². The van der Waals surface area contributed by atoms with E-state index in [0.29, 0.717) is 23.1 Å². The Bertz CT molecular complexity index is 1080. The SMILES string of the molecule is O=C1c2cccc3c(NCCO)ccc(c23)C(=O)N1c1cccc(Cl)c1Cl. The number of rotatable bonds is 4. The third kappa shape index (κ3) is 2.75. The Balaban J connectivity index is 1.93. The minimum Gasteiger partial charge on any atom is -0.395 e. The average Bonchev–Trinajstić information content (AvgIpc) is 2.68. The van der Waals surface area contributed by atoms with E-state index in [-0.39, 0.29) is 22.3 Å². The first-order valence-electron chi connectivity index (χ1n) is 8.28. The number of nitrogens with zero attached hydrogens (tertiary/aromatic N) is 1. The van der Waals surface area contributed by atoms with Gasteiger partial charge in [-0.1, -0.05) is 41.4 Å². The Kier molecular flexibility index (Phi) is 4.52. The van der Waals surface area contributed by atoms with Crippen LogP contribution in [0.15, 0.2) is 48.5 Å². The number of nitrogens with one attached hydrogen (secondary N) is 1. The number of aliphatic hydroxyl groups is 1. The summed E-state index contributed by atoms with van der Waals surface area (Å²) in [7, 11) is 0. The average molecular weight is 401 g/mol. The molecule has 0 atom stereocenters. The van der Waals surface area contributed by atoms with Crippen LogP contribution < -0.4 is 10.2 Å². The molecule has 0 bridgehead atoms. The maximum atomic E-state index is 13.1. The number of amides is 2. The Morgan fingerprint density at radius 2 is 1.63 bits per heavy atom. The topological polar surface area (TPSA) is 69.6 Å². The second-order valence-corrected chi connectivity index (χ2v) is 6.84. The molecule has 2 N–H and O–H groups in total. The first-order valence-corrected chi connectivity index (χ1v) is 9.03. The number of hydrogen-bond donors (Lipinski definition) is 2. The lowest BCUT2D eigenvalue weighted by Gasteiger charge is -2.28. The summed E-state index contributed by atoms with van der Waals surface area (Å²) in [4.78, 5) is 27.4. The highest BCUT2D eigenvalue weighted by Gasteiger charge is 2.35. The van der Waals surface area contributed by atoms with Crippen LogP contribution in [0.25, 0.3) is 10.8 Å². The summed E-state index contributed by atoms with van der Waals surface area (Å²) in [5, 5.41) is 13.9. The van der Waals surface area contributed by atoms with Crippen molar-refractivity contribution in [1.82, 2.24) is 0 Å². The van der Waals surface area contributed by atoms with Crippen molar-refractivity contribution in [3.63, 3.8) is 0 Å². The molecule has 7 heteroatoms. The van der Waals surface area contributed by atoms with Gasteiger partial charge in [0.1, 0.15) is 0 Å². The first kappa shape index (κ1) is 17.8. The van der Waals surface area contributed by atoms with Gasteiger partial charge in [-0.05, 0) is 30.3 Å². The van der Waals surface area contributed by atoms with Crippen molar-refractivity contribution in [2.75, 3.05) is 23.4 Å². The molecule has 136 valence electrons. The molecule has 3 aromatic carbocycles. The zero-order valence-corrected chi connectivity index (χ0v) is 15.5. The highest BCUT2D eigenvalue weighted by atomic mass is 35.5. The third-order valence-electron chi connectivity index (χ3n) is 4.51. The minimum absolute atomic E-state index is 0.0260. The van der Waals surface area contributed by atoms with Gasteiger partial charge in [0.15, 0.2) is 0 Å². The minimum atomic E-state index is -0.457. The molecular formula is C20H14Cl2N2O3. The lowest BCUT2D eigenvalue weighted by molar-refractivity contribution is 0.0893. The van der Waals surface area contributed by atoms with E-state index < -0.39 is 11.8 Å². The maximum absolute atomic E-state index is 13.1. The van der Waals surface area contributed by atoms with Gasteiger partial charge in [0.25, 0.3) is 11.8 Å². The van der Waals surface area contributed by atoms with Gasteiger partial charge in [0.2, 0.25) is 0 Å². The molecule has 0 unspecified atom stereocenters. The Labute approximate surface area is 165 Å². The van der Waals surface area contributed by atoms with E-state index >= 15 is 0 Å². The van der Waals surface area contributed by atoms with Gasteiger partial charge in [-0.3, -0.25) is 9.59 Å². The second-order valence-electron chi connectivity index (χ2n) is 6.06. The van der Waals surface area contributed by atoms with Crippen LogP contribution in [0.4, 0.5) is 11.4 Å². The molecule has 0 spiro atoms. The van der Waals surface area contributed by atoms with Gasteiger partial charge in [0, 0.05) is 34.1 Å². The van der Waals surface area contributed by atoms with Crippen LogP contribution in [0.3, 0.4) is 0 Å². The van der Waals surface area contributed by atoms with Gasteiger partial charge in [-0.25, -0.2) is 4.90 Å². The summed E-state index contributed by atoms with van der Waals surface area (Å²) >= 11 is 12.3. The molecule has 5 nitrogen and oxygen atoms in total. The van der Waals surface area contributed by atoms with Crippen LogP contribution in [-0.2, 0) is 0 Å². The molecule has 1 heterocycles. The predicted octanol–water partition coefficient (Wildman–Crippen LogP) is 4.35. The first-order chi connectivity index (χ1) is 13.0. The van der Waals surface area contributed by atoms with Crippen molar-refractivity contribution in [1.29, 1.82) is 0 Å². The van der Waals surface area contributed by atoms with Crippen LogP contribution in [-0.4, -0.2) is 30.1 Å². The van der Waals surface area contributed by atoms with Crippen LogP contribution in [0, 0.1) is 0 Å². The molecule has 27 heavy (non-hydrogen) atoms. The van der Waals surface area contributed by atoms with E-state index in [0.717, 1.165) is 16.0 Å². The molecule has 0 saturated carbocycles. The fraction of sp³-hybridized carbons (Fsp3) is 0.100. The van der Waals surface area contributed by atoms with E-state index in [2.05, 4.69) is 5.32 Å². The summed E-state index contributed by atoms with van der Waals surface area (Å²) in [6.45, 7) is 0.340. The molecule has 0 fully saturated rings. The summed E-state index contributed by atoms with van der Waals surface area (Å²) in [6, 6.07) is 13.5. The number of aliphatic hydroxyl groups excluding tert-OH is 1. The second kappa shape index (κ2) is 6.85. The number of carbonyl (C=O) groups excluding carboxylic acids is 2. The summed E-state index contributed by atoms with van der Waals surface area (Å²) in [5.41, 5.74) is 1.82. The molecule has 0 saturated heterocycles. The zero-order chi connectivity index (χ0) is 19.1. The molecule has 4 rings (SSSR count). The quantitative estimate of drug-likeness (QED) is 0.638. The van der Waals surface area contributed by atoms with E-state index in [1.165, 1.54) is 0 Å². The van der Waals surface area contributed by atoms with Crippen LogP contribution >= 0.6 is 23.2 Å². The number of imide groups is 1. The highest BCUT2D eigenvalue weighted by Crippen LogP contribution is 2.39. The Morgan fingerprint density at radius 1 is 0.926 bits per heavy atom. The maximum Gasteiger partial charge on any atom is 0.266 e. The standard InChI is InChI=1S/C20H14Cl2N2O3/c21-14-5-2-6-16(18(14)22)24-19(26)12-4-1-3-11-15(23-9-10-25)8-7-13(17(11)12)20(24)27/h1-8,23,25H,9-10H2. The van der Waals surface area contributed by atoms with E-state index in [9.17, 15) is 9.59 Å². The van der Waals surface area contributed by atoms with E-state index in [1.807, 2.05) is 6.07 Å². The molecule has 1 aliphatic rings. The number of halogens is 2. The van der Waals surface area contributed by atoms with Gasteiger partial charge >= 0.3 is 0 Å². The van der Waals surface area contributed by atoms with Gasteiger partial charge < -0.3 is 10.4 Å². The lowest BCUT2D eigenvalue weighted by atomic mass is 9.92. The lowest BCUT2D eigenvalue weighted by Crippen LogP contribution is -2.40. The van der Waals surface area contributed by atoms with E-state index in [4.69, 9.17) is 28.3 Å². The Hall–Kier alpha value is -2.60. The molecule has 0 radical (unpaired) electrons. The molecule has 1 aliphatic heterocycles. The molecule has 2 amide bonds. The highest BCUT2D eigenvalue weighted by molar-refractivity contribution is 6.46. The van der Waals surface area contributed by atoms with Crippen molar-refractivity contribution in [3.05, 3.63) is 69.7 Å². The molecular weight excluding hydrogens is 387 g/mol. The van der Waals surface area contributed by atoms with Crippen molar-refractivity contribution < 1.29 is 14.7 Å². The monoisotopic (exact) mass is 400 g/mol. The summed E-state index contributed by atoms with van der Waals surface area (Å²) < 4.78 is 0. The van der Waals surface area contributed by atoms with Gasteiger partial charge in [-0.15, -0.1) is 0 Å². The fourth-order valence-electron chi connectivity index (χ4n) is 3.32. The normalized spacial score (nSPS) is 13.4. The summed E-state index contributed by atoms with van der Waals surface area (Å²) in [5.74, 6) is -0.914. The van der Waals surface area contributed by atoms with Crippen LogP contribution in [0.2, 0.25) is 10.0 Å². The predicted molar refractivity (Wildman–Crippen MR) is 107 cm³/mol. The molecule has 0 aromatic heterocycles. The molecule has 0 aliphatic carbocycles. The zero-order valence-electron chi connectivity index (χ0n) is 14.0. The number of anilines is 2. The number of benzene rings is 3. The van der Waals surface area contributed by atoms with Gasteiger partial charge in [-0.2, -0.15) is 0 Å². The Morgan fingerprint density at radius 3 is 2.37 bits per heavy atom. The number of hydrogen-bond acceptors (Lipinski definition) is 4. The van der Waals surface area contributed by atoms with Crippen molar-refractivity contribution in [3.8, 4) is 0 Å². The number of carbonyl (C=O) groups is 2.